The summed E-state index contributed by atoms with van der Waals surface area (Å²) in [6, 6.07) is 4.77. The maximum atomic E-state index is 12.0. The van der Waals surface area contributed by atoms with Gasteiger partial charge >= 0.3 is 5.97 Å². The number of rotatable bonds is 7. The van der Waals surface area contributed by atoms with E-state index in [1.54, 1.807) is 6.92 Å². The lowest BCUT2D eigenvalue weighted by atomic mass is 10.1. The molecule has 1 rings (SSSR count). The van der Waals surface area contributed by atoms with E-state index in [9.17, 15) is 18.0 Å². The van der Waals surface area contributed by atoms with E-state index < -0.39 is 33.7 Å². The Morgan fingerprint density at radius 2 is 2.00 bits per heavy atom. The first-order valence-electron chi connectivity index (χ1n) is 6.35. The first kappa shape index (κ1) is 17.1. The van der Waals surface area contributed by atoms with Gasteiger partial charge in [-0.3, -0.25) is 4.79 Å². The molecule has 1 aromatic carbocycles. The average Bonchev–Trinajstić information content (AvgIpc) is 2.38. The highest BCUT2D eigenvalue weighted by Crippen LogP contribution is 2.09. The summed E-state index contributed by atoms with van der Waals surface area (Å²) in [5.74, 6) is -1.93. The number of hydrogen-bond donors (Lipinski definition) is 3. The lowest BCUT2D eigenvalue weighted by Crippen LogP contribution is -2.45. The van der Waals surface area contributed by atoms with Gasteiger partial charge in [0.05, 0.1) is 17.4 Å². The molecule has 21 heavy (non-hydrogen) atoms. The Kier molecular flexibility index (Phi) is 5.86. The molecular weight excluding hydrogens is 296 g/mol. The highest BCUT2D eigenvalue weighted by atomic mass is 32.2. The molecule has 0 heterocycles. The third-order valence-electron chi connectivity index (χ3n) is 2.63. The van der Waals surface area contributed by atoms with Crippen molar-refractivity contribution in [3.63, 3.8) is 0 Å². The highest BCUT2D eigenvalue weighted by Gasteiger charge is 2.20. The van der Waals surface area contributed by atoms with Crippen molar-refractivity contribution in [3.8, 4) is 0 Å². The fourth-order valence-electron chi connectivity index (χ4n) is 1.71. The fourth-order valence-corrected chi connectivity index (χ4v) is 3.05. The number of aromatic carboxylic acids is 1. The average molecular weight is 314 g/mol. The van der Waals surface area contributed by atoms with E-state index in [0.717, 1.165) is 0 Å². The Morgan fingerprint density at radius 3 is 2.57 bits per heavy atom. The van der Waals surface area contributed by atoms with Crippen molar-refractivity contribution < 1.29 is 23.1 Å². The van der Waals surface area contributed by atoms with E-state index in [2.05, 4.69) is 10.0 Å². The summed E-state index contributed by atoms with van der Waals surface area (Å²) < 4.78 is 26.2. The number of carbonyl (C=O) groups is 2. The molecule has 0 fully saturated rings. The maximum Gasteiger partial charge on any atom is 0.335 e. The van der Waals surface area contributed by atoms with Gasteiger partial charge in [0.15, 0.2) is 0 Å². The van der Waals surface area contributed by atoms with Gasteiger partial charge in [-0.15, -0.1) is 0 Å². The summed E-state index contributed by atoms with van der Waals surface area (Å²) in [5.41, 5.74) is 0.352. The second kappa shape index (κ2) is 7.19. The number of benzene rings is 1. The van der Waals surface area contributed by atoms with Gasteiger partial charge in [0, 0.05) is 6.54 Å². The number of carboxylic acid groups (broad SMARTS) is 1. The monoisotopic (exact) mass is 314 g/mol. The molecule has 1 unspecified atom stereocenters. The summed E-state index contributed by atoms with van der Waals surface area (Å²) in [4.78, 5) is 22.3. The standard InChI is InChI=1S/C13H18N2O5S/c1-3-14-12(16)9(2)15-21(19,20)8-10-5-4-6-11(7-10)13(17)18/h4-7,9,15H,3,8H2,1-2H3,(H,14,16)(H,17,18). The molecule has 8 heteroatoms. The Morgan fingerprint density at radius 1 is 1.33 bits per heavy atom. The first-order chi connectivity index (χ1) is 9.75. The molecule has 0 saturated heterocycles. The van der Waals surface area contributed by atoms with Crippen LogP contribution in [-0.2, 0) is 20.6 Å². The third kappa shape index (κ3) is 5.52. The number of nitrogens with one attached hydrogen (secondary N) is 2. The number of carboxylic acids is 1. The van der Waals surface area contributed by atoms with Crippen LogP contribution in [0.2, 0.25) is 0 Å². The van der Waals surface area contributed by atoms with E-state index >= 15 is 0 Å². The summed E-state index contributed by atoms with van der Waals surface area (Å²) in [5, 5.41) is 11.4. The van der Waals surface area contributed by atoms with Crippen molar-refractivity contribution in [2.75, 3.05) is 6.54 Å². The lowest BCUT2D eigenvalue weighted by molar-refractivity contribution is -0.122. The highest BCUT2D eigenvalue weighted by molar-refractivity contribution is 7.88. The summed E-state index contributed by atoms with van der Waals surface area (Å²) >= 11 is 0. The number of likely N-dealkylation sites (N-methyl/N-ethyl adjacent to an activating group) is 1. The van der Waals surface area contributed by atoms with Gasteiger partial charge in [-0.1, -0.05) is 12.1 Å². The van der Waals surface area contributed by atoms with Crippen molar-refractivity contribution in [1.82, 2.24) is 10.0 Å². The Bertz CT molecular complexity index is 627. The molecule has 0 saturated carbocycles. The zero-order chi connectivity index (χ0) is 16.0. The van der Waals surface area contributed by atoms with Crippen LogP contribution in [0.4, 0.5) is 0 Å². The van der Waals surface area contributed by atoms with Crippen LogP contribution in [-0.4, -0.2) is 38.0 Å². The molecule has 0 bridgehead atoms. The van der Waals surface area contributed by atoms with Crippen LogP contribution < -0.4 is 10.0 Å². The topological polar surface area (TPSA) is 113 Å². The molecule has 0 radical (unpaired) electrons. The number of sulfonamides is 1. The number of hydrogen-bond acceptors (Lipinski definition) is 4. The van der Waals surface area contributed by atoms with Crippen molar-refractivity contribution in [2.45, 2.75) is 25.6 Å². The van der Waals surface area contributed by atoms with E-state index in [1.807, 2.05) is 0 Å². The smallest absolute Gasteiger partial charge is 0.335 e. The molecular formula is C13H18N2O5S. The van der Waals surface area contributed by atoms with Crippen LogP contribution in [0.15, 0.2) is 24.3 Å². The van der Waals surface area contributed by atoms with Gasteiger partial charge in [0.25, 0.3) is 0 Å². The zero-order valence-electron chi connectivity index (χ0n) is 11.8. The molecule has 0 aliphatic heterocycles. The molecule has 116 valence electrons. The summed E-state index contributed by atoms with van der Waals surface area (Å²) in [6.45, 7) is 3.58. The van der Waals surface area contributed by atoms with Gasteiger partial charge in [-0.2, -0.15) is 0 Å². The van der Waals surface area contributed by atoms with Crippen LogP contribution >= 0.6 is 0 Å². The normalized spacial score (nSPS) is 12.7. The molecule has 0 aromatic heterocycles. The van der Waals surface area contributed by atoms with Crippen molar-refractivity contribution in [2.24, 2.45) is 0 Å². The van der Waals surface area contributed by atoms with E-state index in [0.29, 0.717) is 12.1 Å². The van der Waals surface area contributed by atoms with Crippen LogP contribution in [0, 0.1) is 0 Å². The van der Waals surface area contributed by atoms with Gasteiger partial charge in [0.1, 0.15) is 0 Å². The van der Waals surface area contributed by atoms with Crippen LogP contribution in [0.25, 0.3) is 0 Å². The second-order valence-corrected chi connectivity index (χ2v) is 6.25. The van der Waals surface area contributed by atoms with Crippen LogP contribution in [0.1, 0.15) is 29.8 Å². The maximum absolute atomic E-state index is 12.0. The second-order valence-electron chi connectivity index (χ2n) is 4.50. The molecule has 0 aliphatic rings. The Labute approximate surface area is 123 Å². The third-order valence-corrected chi connectivity index (χ3v) is 4.06. The SMILES string of the molecule is CCNC(=O)C(C)NS(=O)(=O)Cc1cccc(C(=O)O)c1. The molecule has 1 aromatic rings. The number of carbonyl (C=O) groups excluding carboxylic acids is 1. The molecule has 3 N–H and O–H groups in total. The van der Waals surface area contributed by atoms with E-state index in [1.165, 1.54) is 31.2 Å². The van der Waals surface area contributed by atoms with Crippen molar-refractivity contribution >= 4 is 21.9 Å². The minimum atomic E-state index is -3.74. The summed E-state index contributed by atoms with van der Waals surface area (Å²) in [7, 11) is -3.74. The van der Waals surface area contributed by atoms with Crippen molar-refractivity contribution in [3.05, 3.63) is 35.4 Å². The van der Waals surface area contributed by atoms with Crippen molar-refractivity contribution in [1.29, 1.82) is 0 Å². The fraction of sp³-hybridized carbons (Fsp3) is 0.385. The predicted molar refractivity (Wildman–Crippen MR) is 77.3 cm³/mol. The van der Waals surface area contributed by atoms with E-state index in [-0.39, 0.29) is 5.56 Å². The lowest BCUT2D eigenvalue weighted by Gasteiger charge is -2.13. The largest absolute Gasteiger partial charge is 0.478 e. The number of amides is 1. The molecule has 0 spiro atoms. The van der Waals surface area contributed by atoms with Gasteiger partial charge < -0.3 is 10.4 Å². The Hall–Kier alpha value is -1.93. The van der Waals surface area contributed by atoms with Crippen LogP contribution in [0.5, 0.6) is 0 Å². The molecule has 1 atom stereocenters. The molecule has 1 amide bonds. The van der Waals surface area contributed by atoms with Gasteiger partial charge in [-0.05, 0) is 31.5 Å². The Balaban J connectivity index is 2.79. The first-order valence-corrected chi connectivity index (χ1v) is 8.00. The molecule has 0 aliphatic carbocycles. The predicted octanol–water partition coefficient (Wildman–Crippen LogP) is 0.329. The minimum Gasteiger partial charge on any atom is -0.478 e. The molecule has 7 nitrogen and oxygen atoms in total. The van der Waals surface area contributed by atoms with Gasteiger partial charge in [-0.25, -0.2) is 17.9 Å². The minimum absolute atomic E-state index is 0.0134. The zero-order valence-corrected chi connectivity index (χ0v) is 12.6. The summed E-state index contributed by atoms with van der Waals surface area (Å²) in [6.07, 6.45) is 0. The van der Waals surface area contributed by atoms with Gasteiger partial charge in [0.2, 0.25) is 15.9 Å². The van der Waals surface area contributed by atoms with Crippen LogP contribution in [0.3, 0.4) is 0 Å². The van der Waals surface area contributed by atoms with E-state index in [4.69, 9.17) is 5.11 Å². The quantitative estimate of drug-likeness (QED) is 0.671.